The number of thiophene rings is 1. The second-order valence-corrected chi connectivity index (χ2v) is 17.6. The van der Waals surface area contributed by atoms with E-state index in [-0.39, 0.29) is 10.8 Å². The molecular weight excluding hydrogens is 695 g/mol. The van der Waals surface area contributed by atoms with Crippen molar-refractivity contribution >= 4 is 48.6 Å². The van der Waals surface area contributed by atoms with Crippen LogP contribution in [0.15, 0.2) is 176 Å². The number of benzene rings is 8. The van der Waals surface area contributed by atoms with E-state index in [1.165, 1.54) is 92.6 Å². The normalized spacial score (nSPS) is 14.4. The first-order chi connectivity index (χ1) is 27.3. The quantitative estimate of drug-likeness (QED) is 0.170. The molecule has 0 atom stereocenters. The van der Waals surface area contributed by atoms with Gasteiger partial charge in [-0.1, -0.05) is 155 Å². The van der Waals surface area contributed by atoms with Crippen LogP contribution in [0.2, 0.25) is 0 Å². The fourth-order valence-electron chi connectivity index (χ4n) is 9.84. The second-order valence-electron chi connectivity index (χ2n) is 16.5. The third-order valence-corrected chi connectivity index (χ3v) is 13.8. The Labute approximate surface area is 333 Å². The summed E-state index contributed by atoms with van der Waals surface area (Å²) in [6.07, 6.45) is 0. The molecule has 0 bridgehead atoms. The summed E-state index contributed by atoms with van der Waals surface area (Å²) in [5.74, 6) is 0. The fourth-order valence-corrected chi connectivity index (χ4v) is 10.9. The van der Waals surface area contributed by atoms with Crippen LogP contribution >= 0.6 is 11.3 Å². The van der Waals surface area contributed by atoms with Crippen LogP contribution in [-0.4, -0.2) is 0 Å². The lowest BCUT2D eigenvalue weighted by Crippen LogP contribution is -2.16. The first-order valence-electron chi connectivity index (χ1n) is 19.7. The van der Waals surface area contributed by atoms with Crippen molar-refractivity contribution in [2.45, 2.75) is 38.5 Å². The van der Waals surface area contributed by atoms with Crippen LogP contribution in [0, 0.1) is 0 Å². The van der Waals surface area contributed by atoms with Gasteiger partial charge in [-0.2, -0.15) is 0 Å². The largest absolute Gasteiger partial charge is 0.309 e. The van der Waals surface area contributed by atoms with Crippen LogP contribution in [0.5, 0.6) is 0 Å². The van der Waals surface area contributed by atoms with Gasteiger partial charge in [0.05, 0.1) is 11.4 Å². The summed E-state index contributed by atoms with van der Waals surface area (Å²) in [6, 6.07) is 65.9. The van der Waals surface area contributed by atoms with Gasteiger partial charge in [0.15, 0.2) is 0 Å². The summed E-state index contributed by atoms with van der Waals surface area (Å²) in [5, 5.41) is 2.64. The van der Waals surface area contributed by atoms with E-state index >= 15 is 0 Å². The third kappa shape index (κ3) is 4.79. The van der Waals surface area contributed by atoms with E-state index in [4.69, 9.17) is 0 Å². The molecule has 0 unspecified atom stereocenters. The smallest absolute Gasteiger partial charge is 0.0543 e. The van der Waals surface area contributed by atoms with Gasteiger partial charge in [-0.15, -0.1) is 11.3 Å². The predicted octanol–water partition coefficient (Wildman–Crippen LogP) is 15.5. The maximum atomic E-state index is 2.53. The molecule has 9 aromatic rings. The Morgan fingerprint density at radius 3 is 1.82 bits per heavy atom. The van der Waals surface area contributed by atoms with Gasteiger partial charge in [0.2, 0.25) is 0 Å². The summed E-state index contributed by atoms with van der Waals surface area (Å²) in [5.41, 5.74) is 19.0. The molecular formula is C54H41NS. The Kier molecular flexibility index (Phi) is 7.18. The van der Waals surface area contributed by atoms with Gasteiger partial charge in [-0.05, 0) is 104 Å². The van der Waals surface area contributed by atoms with Crippen molar-refractivity contribution in [1.29, 1.82) is 0 Å². The standard InChI is InChI=1S/C54H41NS/c1-53(2)45-22-10-6-20-42(45)52-46(53)23-14-25-49(52)55(37-16-13-15-34(31-37)35-28-30-51-43(32-35)41-19-8-12-26-50(41)56-51)48-24-11-7-17-38(48)36-27-29-40-39-18-5-9-21-44(39)54(3,4)47(40)33-36/h5-33H,1-4H3. The van der Waals surface area contributed by atoms with E-state index in [0.717, 1.165) is 11.4 Å². The Balaban J connectivity index is 1.14. The summed E-state index contributed by atoms with van der Waals surface area (Å²) in [7, 11) is 0. The van der Waals surface area contributed by atoms with Crippen LogP contribution in [0.25, 0.3) is 64.7 Å². The van der Waals surface area contributed by atoms with Crippen molar-refractivity contribution in [3.63, 3.8) is 0 Å². The van der Waals surface area contributed by atoms with Crippen molar-refractivity contribution in [2.24, 2.45) is 0 Å². The highest BCUT2D eigenvalue weighted by Gasteiger charge is 2.38. The zero-order chi connectivity index (χ0) is 37.8. The number of nitrogens with zero attached hydrogens (tertiary/aromatic N) is 1. The summed E-state index contributed by atoms with van der Waals surface area (Å²) < 4.78 is 2.65. The fraction of sp³-hybridized carbons (Fsp3) is 0.111. The molecule has 2 aliphatic carbocycles. The van der Waals surface area contributed by atoms with Crippen molar-refractivity contribution in [2.75, 3.05) is 4.90 Å². The summed E-state index contributed by atoms with van der Waals surface area (Å²) >= 11 is 1.87. The molecule has 1 heterocycles. The molecule has 0 aliphatic heterocycles. The van der Waals surface area contributed by atoms with Crippen LogP contribution in [0.1, 0.15) is 49.9 Å². The summed E-state index contributed by atoms with van der Waals surface area (Å²) in [6.45, 7) is 9.48. The minimum atomic E-state index is -0.117. The van der Waals surface area contributed by atoms with E-state index in [2.05, 4.69) is 209 Å². The van der Waals surface area contributed by atoms with Crippen molar-refractivity contribution < 1.29 is 0 Å². The Bertz CT molecular complexity index is 3050. The highest BCUT2D eigenvalue weighted by atomic mass is 32.1. The van der Waals surface area contributed by atoms with Gasteiger partial charge >= 0.3 is 0 Å². The zero-order valence-electron chi connectivity index (χ0n) is 32.1. The zero-order valence-corrected chi connectivity index (χ0v) is 32.9. The Hall–Kier alpha value is -6.22. The van der Waals surface area contributed by atoms with Gasteiger partial charge in [0.1, 0.15) is 0 Å². The molecule has 1 nitrogen and oxygen atoms in total. The molecule has 11 rings (SSSR count). The lowest BCUT2D eigenvalue weighted by Gasteiger charge is -2.31. The predicted molar refractivity (Wildman–Crippen MR) is 240 cm³/mol. The maximum absolute atomic E-state index is 2.53. The average molecular weight is 736 g/mol. The number of para-hydroxylation sites is 1. The lowest BCUT2D eigenvalue weighted by atomic mass is 9.81. The van der Waals surface area contributed by atoms with Gasteiger partial charge in [-0.3, -0.25) is 0 Å². The van der Waals surface area contributed by atoms with Crippen LogP contribution < -0.4 is 4.90 Å². The minimum Gasteiger partial charge on any atom is -0.309 e. The Morgan fingerprint density at radius 1 is 0.375 bits per heavy atom. The molecule has 268 valence electrons. The molecule has 0 fully saturated rings. The molecule has 0 saturated carbocycles. The third-order valence-electron chi connectivity index (χ3n) is 12.7. The van der Waals surface area contributed by atoms with Crippen LogP contribution in [0.3, 0.4) is 0 Å². The highest BCUT2D eigenvalue weighted by molar-refractivity contribution is 7.25. The molecule has 2 heteroatoms. The van der Waals surface area contributed by atoms with Gasteiger partial charge in [0, 0.05) is 47.8 Å². The number of rotatable bonds is 5. The number of fused-ring (bicyclic) bond motifs is 9. The van der Waals surface area contributed by atoms with E-state index in [0.29, 0.717) is 0 Å². The Morgan fingerprint density at radius 2 is 0.964 bits per heavy atom. The van der Waals surface area contributed by atoms with E-state index < -0.39 is 0 Å². The van der Waals surface area contributed by atoms with Gasteiger partial charge in [-0.25, -0.2) is 0 Å². The number of hydrogen-bond acceptors (Lipinski definition) is 2. The average Bonchev–Trinajstić information content (AvgIpc) is 3.81. The molecule has 0 spiro atoms. The van der Waals surface area contributed by atoms with E-state index in [1.807, 2.05) is 11.3 Å². The maximum Gasteiger partial charge on any atom is 0.0543 e. The molecule has 8 aromatic carbocycles. The van der Waals surface area contributed by atoms with Crippen LogP contribution in [-0.2, 0) is 10.8 Å². The number of anilines is 3. The molecule has 0 saturated heterocycles. The monoisotopic (exact) mass is 735 g/mol. The number of hydrogen-bond donors (Lipinski definition) is 0. The topological polar surface area (TPSA) is 3.24 Å². The molecule has 0 amide bonds. The molecule has 0 radical (unpaired) electrons. The van der Waals surface area contributed by atoms with E-state index in [9.17, 15) is 0 Å². The summed E-state index contributed by atoms with van der Waals surface area (Å²) in [4.78, 5) is 2.53. The second kappa shape index (κ2) is 12.1. The minimum absolute atomic E-state index is 0.0880. The first kappa shape index (κ1) is 33.1. The van der Waals surface area contributed by atoms with Crippen molar-refractivity contribution in [3.05, 3.63) is 198 Å². The van der Waals surface area contributed by atoms with Crippen LogP contribution in [0.4, 0.5) is 17.1 Å². The molecule has 0 N–H and O–H groups in total. The molecule has 2 aliphatic rings. The SMILES string of the molecule is CC1(C)c2ccccc2-c2ccc(-c3ccccc3N(c3cccc(-c4ccc5sc6ccccc6c5c4)c3)c3cccc4c3-c3ccccc3C4(C)C)cc21. The lowest BCUT2D eigenvalue weighted by molar-refractivity contribution is 0.660. The van der Waals surface area contributed by atoms with E-state index in [1.54, 1.807) is 0 Å². The van der Waals surface area contributed by atoms with Crippen molar-refractivity contribution in [3.8, 4) is 44.5 Å². The molecule has 56 heavy (non-hydrogen) atoms. The van der Waals surface area contributed by atoms with Gasteiger partial charge in [0.25, 0.3) is 0 Å². The highest BCUT2D eigenvalue weighted by Crippen LogP contribution is 2.56. The molecule has 1 aromatic heterocycles. The van der Waals surface area contributed by atoms with Gasteiger partial charge < -0.3 is 4.90 Å². The first-order valence-corrected chi connectivity index (χ1v) is 20.5. The van der Waals surface area contributed by atoms with Crippen molar-refractivity contribution in [1.82, 2.24) is 0 Å².